The second kappa shape index (κ2) is 5.49. The lowest BCUT2D eigenvalue weighted by Gasteiger charge is -2.30. The number of nitrogens with zero attached hydrogens (tertiary/aromatic N) is 2. The van der Waals surface area contributed by atoms with Gasteiger partial charge in [0.1, 0.15) is 4.90 Å². The Morgan fingerprint density at radius 1 is 1.30 bits per heavy atom. The van der Waals surface area contributed by atoms with Gasteiger partial charge in [0.05, 0.1) is 17.1 Å². The molecule has 23 heavy (non-hydrogen) atoms. The lowest BCUT2D eigenvalue weighted by atomic mass is 9.99. The maximum absolute atomic E-state index is 13.1. The van der Waals surface area contributed by atoms with Crippen molar-refractivity contribution in [3.8, 4) is 0 Å². The molecular formula is C16H19N3O3S. The van der Waals surface area contributed by atoms with Crippen LogP contribution in [0.25, 0.3) is 0 Å². The third-order valence-electron chi connectivity index (χ3n) is 4.17. The molecule has 1 aliphatic rings. The van der Waals surface area contributed by atoms with E-state index < -0.39 is 10.0 Å². The quantitative estimate of drug-likeness (QED) is 0.874. The highest BCUT2D eigenvalue weighted by Crippen LogP contribution is 2.34. The fourth-order valence-electron chi connectivity index (χ4n) is 3.06. The number of anilines is 1. The number of aryl methyl sites for hydroxylation is 3. The van der Waals surface area contributed by atoms with Crippen LogP contribution < -0.4 is 4.31 Å². The first-order chi connectivity index (χ1) is 10.8. The molecule has 0 spiro atoms. The average Bonchev–Trinajstić information content (AvgIpc) is 2.85. The molecule has 2 heterocycles. The lowest BCUT2D eigenvalue weighted by molar-refractivity contribution is 0.101. The molecule has 0 atom stereocenters. The van der Waals surface area contributed by atoms with Gasteiger partial charge in [-0.3, -0.25) is 14.2 Å². The minimum Gasteiger partial charge on any atom is -0.295 e. The number of hydrogen-bond donors (Lipinski definition) is 1. The normalized spacial score (nSPS) is 14.7. The van der Waals surface area contributed by atoms with Gasteiger partial charge in [-0.2, -0.15) is 5.10 Å². The fraction of sp³-hybridized carbons (Fsp3) is 0.375. The number of Topliss-reactive ketones (excluding diaryl/α,β-unsaturated/α-hetero) is 1. The lowest BCUT2D eigenvalue weighted by Crippen LogP contribution is -2.36. The first-order valence-corrected chi connectivity index (χ1v) is 8.94. The van der Waals surface area contributed by atoms with E-state index in [0.717, 1.165) is 18.4 Å². The first-order valence-electron chi connectivity index (χ1n) is 7.50. The Balaban J connectivity index is 2.12. The number of fused-ring (bicyclic) bond motifs is 1. The summed E-state index contributed by atoms with van der Waals surface area (Å²) in [6, 6.07) is 5.21. The van der Waals surface area contributed by atoms with Gasteiger partial charge in [-0.15, -0.1) is 0 Å². The number of aromatic amines is 1. The smallest absolute Gasteiger partial charge is 0.267 e. The van der Waals surface area contributed by atoms with E-state index in [1.807, 2.05) is 0 Å². The molecule has 3 rings (SSSR count). The molecule has 122 valence electrons. The molecule has 0 radical (unpaired) electrons. The molecule has 0 saturated heterocycles. The molecule has 0 amide bonds. The van der Waals surface area contributed by atoms with Crippen molar-refractivity contribution in [2.45, 2.75) is 38.5 Å². The minimum absolute atomic E-state index is 0.0192. The van der Waals surface area contributed by atoms with Crippen LogP contribution in [0, 0.1) is 13.8 Å². The zero-order valence-corrected chi connectivity index (χ0v) is 14.2. The summed E-state index contributed by atoms with van der Waals surface area (Å²) in [5.74, 6) is -0.0192. The highest BCUT2D eigenvalue weighted by molar-refractivity contribution is 7.93. The molecule has 6 nitrogen and oxygen atoms in total. The van der Waals surface area contributed by atoms with Crippen LogP contribution in [0.1, 0.15) is 40.7 Å². The molecule has 0 unspecified atom stereocenters. The number of ketones is 1. The Morgan fingerprint density at radius 2 is 2.04 bits per heavy atom. The largest absolute Gasteiger partial charge is 0.295 e. The van der Waals surface area contributed by atoms with Gasteiger partial charge in [-0.1, -0.05) is 0 Å². The molecule has 0 fully saturated rings. The summed E-state index contributed by atoms with van der Waals surface area (Å²) in [6.07, 6.45) is 1.50. The van der Waals surface area contributed by atoms with Crippen molar-refractivity contribution in [3.05, 3.63) is 40.7 Å². The Labute approximate surface area is 135 Å². The van der Waals surface area contributed by atoms with Gasteiger partial charge < -0.3 is 0 Å². The van der Waals surface area contributed by atoms with Crippen molar-refractivity contribution < 1.29 is 13.2 Å². The Kier molecular flexibility index (Phi) is 3.75. The van der Waals surface area contributed by atoms with Gasteiger partial charge in [0, 0.05) is 12.1 Å². The number of rotatable bonds is 3. The van der Waals surface area contributed by atoms with E-state index >= 15 is 0 Å². The van der Waals surface area contributed by atoms with Crippen LogP contribution >= 0.6 is 0 Å². The number of carbonyl (C=O) groups excluding carboxylic acids is 1. The number of aromatic nitrogens is 2. The molecule has 1 aromatic heterocycles. The Bertz CT molecular complexity index is 864. The van der Waals surface area contributed by atoms with Crippen molar-refractivity contribution in [1.29, 1.82) is 0 Å². The van der Waals surface area contributed by atoms with E-state index in [2.05, 4.69) is 10.2 Å². The zero-order valence-electron chi connectivity index (χ0n) is 13.4. The molecule has 7 heteroatoms. The molecule has 0 aliphatic carbocycles. The van der Waals surface area contributed by atoms with Crippen molar-refractivity contribution in [2.24, 2.45) is 0 Å². The predicted molar refractivity (Wildman–Crippen MR) is 87.4 cm³/mol. The van der Waals surface area contributed by atoms with Crippen molar-refractivity contribution in [1.82, 2.24) is 10.2 Å². The SMILES string of the molecule is CC(=O)c1ccc2c(c1)CCCN2S(=O)(=O)c1c(C)n[nH]c1C. The molecule has 1 aliphatic heterocycles. The summed E-state index contributed by atoms with van der Waals surface area (Å²) in [5, 5.41) is 6.72. The third-order valence-corrected chi connectivity index (χ3v) is 6.25. The van der Waals surface area contributed by atoms with E-state index in [4.69, 9.17) is 0 Å². The number of carbonyl (C=O) groups is 1. The molecular weight excluding hydrogens is 314 g/mol. The highest BCUT2D eigenvalue weighted by atomic mass is 32.2. The molecule has 0 bridgehead atoms. The summed E-state index contributed by atoms with van der Waals surface area (Å²) in [6.45, 7) is 5.33. The molecule has 0 saturated carbocycles. The van der Waals surface area contributed by atoms with E-state index in [9.17, 15) is 13.2 Å². The molecule has 2 aromatic rings. The minimum atomic E-state index is -3.67. The fourth-order valence-corrected chi connectivity index (χ4v) is 4.94. The van der Waals surface area contributed by atoms with Crippen LogP contribution in [0.15, 0.2) is 23.1 Å². The van der Waals surface area contributed by atoms with Crippen LogP contribution in [0.4, 0.5) is 5.69 Å². The van der Waals surface area contributed by atoms with Crippen molar-refractivity contribution in [2.75, 3.05) is 10.8 Å². The monoisotopic (exact) mass is 333 g/mol. The van der Waals surface area contributed by atoms with E-state index in [-0.39, 0.29) is 10.7 Å². The van der Waals surface area contributed by atoms with Crippen LogP contribution in [0.3, 0.4) is 0 Å². The maximum atomic E-state index is 13.1. The second-order valence-electron chi connectivity index (χ2n) is 5.84. The number of nitrogens with one attached hydrogen (secondary N) is 1. The Hall–Kier alpha value is -2.15. The number of benzene rings is 1. The summed E-state index contributed by atoms with van der Waals surface area (Å²) in [5.41, 5.74) is 3.16. The summed E-state index contributed by atoms with van der Waals surface area (Å²) < 4.78 is 27.6. The standard InChI is InChI=1S/C16H19N3O3S/c1-10-16(11(2)18-17-10)23(21,22)19-8-4-5-14-9-13(12(3)20)6-7-15(14)19/h6-7,9H,4-5,8H2,1-3H3,(H,17,18). The van der Waals surface area contributed by atoms with Crippen LogP contribution in [0.2, 0.25) is 0 Å². The maximum Gasteiger partial charge on any atom is 0.267 e. The highest BCUT2D eigenvalue weighted by Gasteiger charge is 2.32. The average molecular weight is 333 g/mol. The van der Waals surface area contributed by atoms with E-state index in [0.29, 0.717) is 29.2 Å². The van der Waals surface area contributed by atoms with E-state index in [1.54, 1.807) is 32.0 Å². The number of sulfonamides is 1. The first kappa shape index (κ1) is 15.7. The second-order valence-corrected chi connectivity index (χ2v) is 7.64. The topological polar surface area (TPSA) is 83.1 Å². The van der Waals surface area contributed by atoms with Gasteiger partial charge in [-0.05, 0) is 57.4 Å². The molecule has 1 aromatic carbocycles. The van der Waals surface area contributed by atoms with Crippen LogP contribution in [-0.4, -0.2) is 30.9 Å². The van der Waals surface area contributed by atoms with Crippen molar-refractivity contribution >= 4 is 21.5 Å². The van der Waals surface area contributed by atoms with Crippen LogP contribution in [0.5, 0.6) is 0 Å². The van der Waals surface area contributed by atoms with Gasteiger partial charge in [-0.25, -0.2) is 8.42 Å². The number of H-pyrrole nitrogens is 1. The van der Waals surface area contributed by atoms with Gasteiger partial charge in [0.15, 0.2) is 5.78 Å². The van der Waals surface area contributed by atoms with E-state index in [1.165, 1.54) is 11.2 Å². The Morgan fingerprint density at radius 3 is 2.65 bits per heavy atom. The van der Waals surface area contributed by atoms with Gasteiger partial charge in [0.2, 0.25) is 0 Å². The number of hydrogen-bond acceptors (Lipinski definition) is 4. The summed E-state index contributed by atoms with van der Waals surface area (Å²) >= 11 is 0. The van der Waals surface area contributed by atoms with Crippen molar-refractivity contribution in [3.63, 3.8) is 0 Å². The zero-order chi connectivity index (χ0) is 16.8. The van der Waals surface area contributed by atoms with Gasteiger partial charge >= 0.3 is 0 Å². The third kappa shape index (κ3) is 2.55. The summed E-state index contributed by atoms with van der Waals surface area (Å²) in [7, 11) is -3.67. The van der Waals surface area contributed by atoms with Crippen LogP contribution in [-0.2, 0) is 16.4 Å². The predicted octanol–water partition coefficient (Wildman–Crippen LogP) is 2.37. The molecule has 1 N–H and O–H groups in total. The van der Waals surface area contributed by atoms with Gasteiger partial charge in [0.25, 0.3) is 10.0 Å². The summed E-state index contributed by atoms with van der Waals surface area (Å²) in [4.78, 5) is 11.8.